The molecular weight excluding hydrogens is 403 g/mol. The third kappa shape index (κ3) is 7.90. The first-order valence-electron chi connectivity index (χ1n) is 8.04. The lowest BCUT2D eigenvalue weighted by Gasteiger charge is -2.45. The lowest BCUT2D eigenvalue weighted by atomic mass is 9.93. The van der Waals surface area contributed by atoms with Gasteiger partial charge in [-0.1, -0.05) is 0 Å². The van der Waals surface area contributed by atoms with Crippen LogP contribution in [0.2, 0.25) is 0 Å². The van der Waals surface area contributed by atoms with E-state index in [1.807, 2.05) is 0 Å². The van der Waals surface area contributed by atoms with Gasteiger partial charge in [-0.2, -0.15) is 0 Å². The van der Waals surface area contributed by atoms with Crippen LogP contribution in [0.3, 0.4) is 0 Å². The molecule has 2 amide bonds. The molecule has 1 saturated heterocycles. The normalized spacial score (nSPS) is 27.4. The Bertz CT molecular complexity index is 664. The summed E-state index contributed by atoms with van der Waals surface area (Å²) in [5.41, 5.74) is 0. The number of phosphoric acid groups is 1. The van der Waals surface area contributed by atoms with Gasteiger partial charge < -0.3 is 34.6 Å². The number of hydrogen-bond acceptors (Lipinski definition) is 9. The molecule has 1 aliphatic heterocycles. The van der Waals surface area contributed by atoms with Gasteiger partial charge in [0.15, 0.2) is 12.4 Å². The van der Waals surface area contributed by atoms with Crippen LogP contribution in [0.1, 0.15) is 27.7 Å². The van der Waals surface area contributed by atoms with Crippen molar-refractivity contribution >= 4 is 31.6 Å². The SMILES string of the molecule is CC(=O)N[C@@H]1[C@@H](NC(C)=O)[C@@H](OP(=O)(O)O)O[C@H](COC(C)=O)[C@H]1OC(C)=O. The van der Waals surface area contributed by atoms with Crippen LogP contribution in [0.5, 0.6) is 0 Å². The molecule has 0 spiro atoms. The topological polar surface area (TPSA) is 187 Å². The largest absolute Gasteiger partial charge is 0.472 e. The molecule has 0 aliphatic carbocycles. The van der Waals surface area contributed by atoms with E-state index in [2.05, 4.69) is 15.2 Å². The second-order valence-electron chi connectivity index (χ2n) is 5.97. The van der Waals surface area contributed by atoms with Crippen molar-refractivity contribution in [3.8, 4) is 0 Å². The van der Waals surface area contributed by atoms with Crippen molar-refractivity contribution in [2.75, 3.05) is 6.61 Å². The summed E-state index contributed by atoms with van der Waals surface area (Å²) in [4.78, 5) is 64.2. The van der Waals surface area contributed by atoms with E-state index < -0.39 is 68.8 Å². The fourth-order valence-electron chi connectivity index (χ4n) is 2.64. The monoisotopic (exact) mass is 426 g/mol. The molecule has 0 aromatic rings. The summed E-state index contributed by atoms with van der Waals surface area (Å²) >= 11 is 0. The van der Waals surface area contributed by atoms with Crippen LogP contribution in [0.15, 0.2) is 0 Å². The molecule has 28 heavy (non-hydrogen) atoms. The van der Waals surface area contributed by atoms with Gasteiger partial charge >= 0.3 is 19.8 Å². The van der Waals surface area contributed by atoms with Crippen molar-refractivity contribution in [1.29, 1.82) is 0 Å². The Hall–Kier alpha value is -2.05. The first kappa shape index (κ1) is 24.0. The second kappa shape index (κ2) is 9.94. The predicted octanol–water partition coefficient (Wildman–Crippen LogP) is -1.68. The molecule has 4 N–H and O–H groups in total. The number of ether oxygens (including phenoxy) is 3. The molecule has 1 rings (SSSR count). The van der Waals surface area contributed by atoms with Crippen LogP contribution < -0.4 is 10.6 Å². The van der Waals surface area contributed by atoms with Crippen LogP contribution in [0.4, 0.5) is 0 Å². The molecule has 0 aromatic heterocycles. The van der Waals surface area contributed by atoms with Crippen LogP contribution >= 0.6 is 7.82 Å². The lowest BCUT2D eigenvalue weighted by Crippen LogP contribution is -2.70. The van der Waals surface area contributed by atoms with E-state index in [9.17, 15) is 23.7 Å². The first-order chi connectivity index (χ1) is 12.8. The maximum absolute atomic E-state index is 11.7. The number of esters is 2. The summed E-state index contributed by atoms with van der Waals surface area (Å²) in [7, 11) is -5.09. The Morgan fingerprint density at radius 2 is 1.50 bits per heavy atom. The molecule has 0 aromatic carbocycles. The maximum Gasteiger partial charge on any atom is 0.472 e. The highest BCUT2D eigenvalue weighted by Gasteiger charge is 2.51. The highest BCUT2D eigenvalue weighted by atomic mass is 31.2. The number of amides is 2. The third-order valence-electron chi connectivity index (χ3n) is 3.44. The summed E-state index contributed by atoms with van der Waals surface area (Å²) in [6, 6.07) is -2.55. The standard InChI is InChI=1S/C14H23N2O11P/c1-6(17)15-11-12(16-7(2)18)14(27-28(21,22)23)26-10(5-24-8(3)19)13(11)25-9(4)20/h10-14H,5H2,1-4H3,(H,15,17)(H,16,18)(H2,21,22,23)/t10-,11-,12-,13-,14-/m1/s1. The summed E-state index contributed by atoms with van der Waals surface area (Å²) in [5.74, 6) is -2.70. The Morgan fingerprint density at radius 3 is 1.93 bits per heavy atom. The van der Waals surface area contributed by atoms with Crippen LogP contribution in [0, 0.1) is 0 Å². The average molecular weight is 426 g/mol. The minimum absolute atomic E-state index is 0.475. The van der Waals surface area contributed by atoms with Crippen molar-refractivity contribution in [2.45, 2.75) is 58.3 Å². The molecule has 0 saturated carbocycles. The van der Waals surface area contributed by atoms with Gasteiger partial charge in [-0.3, -0.25) is 23.7 Å². The van der Waals surface area contributed by atoms with Gasteiger partial charge in [0.2, 0.25) is 11.8 Å². The molecule has 1 fully saturated rings. The number of phosphoric ester groups is 1. The van der Waals surface area contributed by atoms with Crippen molar-refractivity contribution in [2.24, 2.45) is 0 Å². The second-order valence-corrected chi connectivity index (χ2v) is 7.16. The molecule has 14 heteroatoms. The first-order valence-corrected chi connectivity index (χ1v) is 9.57. The zero-order valence-electron chi connectivity index (χ0n) is 15.6. The van der Waals surface area contributed by atoms with Gasteiger partial charge in [0.25, 0.3) is 0 Å². The molecule has 0 bridgehead atoms. The Labute approximate surface area is 160 Å². The Balaban J connectivity index is 3.34. The highest BCUT2D eigenvalue weighted by molar-refractivity contribution is 7.46. The van der Waals surface area contributed by atoms with Crippen LogP contribution in [0.25, 0.3) is 0 Å². The van der Waals surface area contributed by atoms with E-state index in [1.54, 1.807) is 0 Å². The minimum atomic E-state index is -5.09. The predicted molar refractivity (Wildman–Crippen MR) is 89.2 cm³/mol. The quantitative estimate of drug-likeness (QED) is 0.269. The summed E-state index contributed by atoms with van der Waals surface area (Å²) in [6.07, 6.45) is -4.28. The van der Waals surface area contributed by atoms with E-state index >= 15 is 0 Å². The minimum Gasteiger partial charge on any atom is -0.463 e. The van der Waals surface area contributed by atoms with Crippen LogP contribution in [-0.4, -0.2) is 70.7 Å². The lowest BCUT2D eigenvalue weighted by molar-refractivity contribution is -0.234. The van der Waals surface area contributed by atoms with Crippen molar-refractivity contribution in [3.63, 3.8) is 0 Å². The number of nitrogens with one attached hydrogen (secondary N) is 2. The van der Waals surface area contributed by atoms with Crippen molar-refractivity contribution < 1.29 is 52.3 Å². The van der Waals surface area contributed by atoms with Gasteiger partial charge in [0, 0.05) is 27.7 Å². The molecule has 160 valence electrons. The molecule has 1 aliphatic rings. The molecule has 13 nitrogen and oxygen atoms in total. The van der Waals surface area contributed by atoms with E-state index in [4.69, 9.17) is 24.0 Å². The average Bonchev–Trinajstić information content (AvgIpc) is 2.48. The van der Waals surface area contributed by atoms with Crippen molar-refractivity contribution in [1.82, 2.24) is 10.6 Å². The molecule has 0 radical (unpaired) electrons. The number of hydrogen-bond donors (Lipinski definition) is 4. The van der Waals surface area contributed by atoms with Gasteiger partial charge in [-0.15, -0.1) is 0 Å². The number of carbonyl (C=O) groups is 4. The highest BCUT2D eigenvalue weighted by Crippen LogP contribution is 2.41. The summed E-state index contributed by atoms with van der Waals surface area (Å²) < 4.78 is 31.3. The third-order valence-corrected chi connectivity index (χ3v) is 3.93. The molecule has 1 heterocycles. The van der Waals surface area contributed by atoms with Gasteiger partial charge in [-0.25, -0.2) is 4.57 Å². The zero-order chi connectivity index (χ0) is 21.6. The maximum atomic E-state index is 11.7. The zero-order valence-corrected chi connectivity index (χ0v) is 16.5. The van der Waals surface area contributed by atoms with Gasteiger partial charge in [0.05, 0.1) is 6.04 Å². The number of rotatable bonds is 7. The summed E-state index contributed by atoms with van der Waals surface area (Å²) in [5, 5.41) is 4.79. The van der Waals surface area contributed by atoms with Crippen LogP contribution in [-0.2, 0) is 42.5 Å². The van der Waals surface area contributed by atoms with E-state index in [0.717, 1.165) is 27.7 Å². The summed E-state index contributed by atoms with van der Waals surface area (Å²) in [6.45, 7) is 3.98. The Kier molecular flexibility index (Phi) is 8.51. The van der Waals surface area contributed by atoms with E-state index in [-0.39, 0.29) is 0 Å². The Morgan fingerprint density at radius 1 is 0.964 bits per heavy atom. The van der Waals surface area contributed by atoms with E-state index in [0.29, 0.717) is 0 Å². The molecule has 0 unspecified atom stereocenters. The molecule has 5 atom stereocenters. The van der Waals surface area contributed by atoms with Gasteiger partial charge in [0.1, 0.15) is 18.8 Å². The van der Waals surface area contributed by atoms with Gasteiger partial charge in [-0.05, 0) is 0 Å². The van der Waals surface area contributed by atoms with E-state index in [1.165, 1.54) is 0 Å². The number of carbonyl (C=O) groups excluding carboxylic acids is 4. The van der Waals surface area contributed by atoms with Crippen molar-refractivity contribution in [3.05, 3.63) is 0 Å². The fourth-order valence-corrected chi connectivity index (χ4v) is 3.09. The smallest absolute Gasteiger partial charge is 0.463 e. The fraction of sp³-hybridized carbons (Fsp3) is 0.714. The molecular formula is C14H23N2O11P.